The molecule has 14 heteroatoms. The lowest BCUT2D eigenvalue weighted by Crippen LogP contribution is -2.51. The van der Waals surface area contributed by atoms with Gasteiger partial charge in [0, 0.05) is 19.6 Å². The fraction of sp³-hybridized carbons (Fsp3) is 0.684. The van der Waals surface area contributed by atoms with Crippen LogP contribution in [0.25, 0.3) is 0 Å². The van der Waals surface area contributed by atoms with Crippen molar-refractivity contribution in [2.24, 2.45) is 0 Å². The van der Waals surface area contributed by atoms with E-state index in [-0.39, 0.29) is 5.75 Å². The van der Waals surface area contributed by atoms with E-state index in [1.807, 2.05) is 0 Å². The van der Waals surface area contributed by atoms with Crippen LogP contribution in [0.5, 0.6) is 0 Å². The lowest BCUT2D eigenvalue weighted by Gasteiger charge is -2.27. The fourth-order valence-electron chi connectivity index (χ4n) is 1.67. The topological polar surface area (TPSA) is 161 Å². The van der Waals surface area contributed by atoms with Crippen LogP contribution in [-0.2, 0) is 42.9 Å². The van der Waals surface area contributed by atoms with Gasteiger partial charge in [0.2, 0.25) is 19.5 Å². The number of carbonyl (C=O) groups is 6. The van der Waals surface area contributed by atoms with Gasteiger partial charge in [0.05, 0.1) is 4.75 Å². The maximum absolute atomic E-state index is 12.7. The molecular weight excluding hydrogens is 482 g/mol. The van der Waals surface area contributed by atoms with E-state index in [1.54, 1.807) is 20.8 Å². The minimum absolute atomic E-state index is 0.253. The lowest BCUT2D eigenvalue weighted by molar-refractivity contribution is -0.158. The second kappa shape index (κ2) is 13.9. The van der Waals surface area contributed by atoms with Crippen molar-refractivity contribution in [3.63, 3.8) is 0 Å². The molecule has 0 spiro atoms. The Labute approximate surface area is 200 Å². The quantitative estimate of drug-likeness (QED) is 0.259. The molecule has 0 aliphatic rings. The lowest BCUT2D eigenvalue weighted by atomic mass is 10.1. The third-order valence-electron chi connectivity index (χ3n) is 3.13. The van der Waals surface area contributed by atoms with Crippen LogP contribution in [0.1, 0.15) is 48.5 Å². The number of amides is 1. The van der Waals surface area contributed by atoms with E-state index in [0.29, 0.717) is 23.5 Å². The first kappa shape index (κ1) is 30.5. The highest BCUT2D eigenvalue weighted by Gasteiger charge is 2.36. The molecule has 0 bridgehead atoms. The van der Waals surface area contributed by atoms with Crippen molar-refractivity contribution in [1.29, 1.82) is 0 Å². The first-order chi connectivity index (χ1) is 15.0. The van der Waals surface area contributed by atoms with Gasteiger partial charge in [-0.1, -0.05) is 0 Å². The second-order valence-corrected chi connectivity index (χ2v) is 10.3. The van der Waals surface area contributed by atoms with Gasteiger partial charge in [-0.25, -0.2) is 14.4 Å². The van der Waals surface area contributed by atoms with E-state index < -0.39 is 64.4 Å². The molecule has 1 amide bonds. The fourth-order valence-corrected chi connectivity index (χ4v) is 3.00. The summed E-state index contributed by atoms with van der Waals surface area (Å²) in [5.41, 5.74) is -0.870. The van der Waals surface area contributed by atoms with Crippen molar-refractivity contribution in [1.82, 2.24) is 5.32 Å². The van der Waals surface area contributed by atoms with Crippen LogP contribution in [0.2, 0.25) is 0 Å². The molecule has 0 aromatic rings. The summed E-state index contributed by atoms with van der Waals surface area (Å²) in [6.07, 6.45) is 0. The normalized spacial score (nSPS) is 12.1. The molecule has 0 aromatic carbocycles. The van der Waals surface area contributed by atoms with Crippen LogP contribution in [0, 0.1) is 0 Å². The molecule has 0 aliphatic carbocycles. The number of ether oxygens (including phenoxy) is 5. The number of rotatable bonds is 10. The van der Waals surface area contributed by atoms with Crippen LogP contribution < -0.4 is 5.32 Å². The molecule has 12 nitrogen and oxygen atoms in total. The summed E-state index contributed by atoms with van der Waals surface area (Å²) in [6.45, 7) is 8.78. The van der Waals surface area contributed by atoms with Crippen LogP contribution in [0.15, 0.2) is 0 Å². The van der Waals surface area contributed by atoms with Gasteiger partial charge in [0.25, 0.3) is 0 Å². The van der Waals surface area contributed by atoms with Gasteiger partial charge in [-0.15, -0.1) is 0 Å². The Hall–Kier alpha value is -2.48. The Morgan fingerprint density at radius 1 is 0.788 bits per heavy atom. The molecule has 33 heavy (non-hydrogen) atoms. The molecule has 0 fully saturated rings. The second-order valence-electron chi connectivity index (χ2n) is 7.78. The average Bonchev–Trinajstić information content (AvgIpc) is 2.62. The predicted octanol–water partition coefficient (Wildman–Crippen LogP) is 2.37. The highest BCUT2D eigenvalue weighted by molar-refractivity contribution is 8.15. The predicted molar refractivity (Wildman–Crippen MR) is 118 cm³/mol. The molecule has 0 saturated heterocycles. The molecule has 0 unspecified atom stereocenters. The van der Waals surface area contributed by atoms with Crippen molar-refractivity contribution in [3.8, 4) is 0 Å². The molecule has 0 saturated carbocycles. The van der Waals surface area contributed by atoms with E-state index in [4.69, 9.17) is 9.47 Å². The summed E-state index contributed by atoms with van der Waals surface area (Å²) in [4.78, 5) is 70.4. The summed E-state index contributed by atoms with van der Waals surface area (Å²) in [5, 5.41) is 0.721. The Kier molecular flexibility index (Phi) is 12.9. The molecule has 0 radical (unpaired) electrons. The number of carbonyl (C=O) groups excluding carboxylic acids is 6. The van der Waals surface area contributed by atoms with Crippen molar-refractivity contribution in [3.05, 3.63) is 0 Å². The first-order valence-corrected chi connectivity index (χ1v) is 11.3. The molecule has 0 rings (SSSR count). The third kappa shape index (κ3) is 15.1. The summed E-state index contributed by atoms with van der Waals surface area (Å²) < 4.78 is 22.2. The number of esters is 3. The third-order valence-corrected chi connectivity index (χ3v) is 4.96. The van der Waals surface area contributed by atoms with Gasteiger partial charge in [0.1, 0.15) is 11.6 Å². The van der Waals surface area contributed by atoms with E-state index in [1.165, 1.54) is 13.8 Å². The Balaban J connectivity index is 5.09. The van der Waals surface area contributed by atoms with Crippen LogP contribution in [0.3, 0.4) is 0 Å². The average molecular weight is 512 g/mol. The van der Waals surface area contributed by atoms with Gasteiger partial charge in [-0.05, 0) is 58.1 Å². The highest BCUT2D eigenvalue weighted by Crippen LogP contribution is 2.27. The Morgan fingerprint density at radius 2 is 1.27 bits per heavy atom. The maximum atomic E-state index is 12.7. The summed E-state index contributed by atoms with van der Waals surface area (Å²) in [7, 11) is 0. The molecular formula is C19H29NO11S2. The first-order valence-electron chi connectivity index (χ1n) is 9.49. The van der Waals surface area contributed by atoms with Crippen molar-refractivity contribution < 1.29 is 52.5 Å². The monoisotopic (exact) mass is 511 g/mol. The van der Waals surface area contributed by atoms with E-state index in [2.05, 4.69) is 19.5 Å². The van der Waals surface area contributed by atoms with Gasteiger partial charge in [-0.3, -0.25) is 14.4 Å². The van der Waals surface area contributed by atoms with E-state index >= 15 is 0 Å². The van der Waals surface area contributed by atoms with Crippen molar-refractivity contribution in [2.45, 2.75) is 64.9 Å². The molecule has 0 heterocycles. The van der Waals surface area contributed by atoms with Gasteiger partial charge in [0.15, 0.2) is 0 Å². The molecule has 188 valence electrons. The minimum atomic E-state index is -1.39. The Bertz CT molecular complexity index is 747. The maximum Gasteiger partial charge on any atom is 0.371 e. The molecule has 1 N–H and O–H groups in total. The smallest absolute Gasteiger partial charge is 0.371 e. The Morgan fingerprint density at radius 3 is 1.73 bits per heavy atom. The summed E-state index contributed by atoms with van der Waals surface area (Å²) in [5.74, 6) is -3.07. The van der Waals surface area contributed by atoms with Gasteiger partial charge >= 0.3 is 28.5 Å². The number of thioether (sulfide) groups is 2. The van der Waals surface area contributed by atoms with Crippen molar-refractivity contribution in [2.75, 3.05) is 19.3 Å². The molecule has 1 atom stereocenters. The van der Waals surface area contributed by atoms with Crippen molar-refractivity contribution >= 4 is 57.9 Å². The van der Waals surface area contributed by atoms with Gasteiger partial charge < -0.3 is 29.0 Å². The number of nitrogens with one attached hydrogen (secondary N) is 1. The zero-order chi connectivity index (χ0) is 25.8. The number of hydrogen-bond donors (Lipinski definition) is 1. The number of hydrogen-bond acceptors (Lipinski definition) is 13. The minimum Gasteiger partial charge on any atom is -0.458 e. The largest absolute Gasteiger partial charge is 0.458 e. The molecule has 0 aromatic heterocycles. The van der Waals surface area contributed by atoms with E-state index in [9.17, 15) is 28.8 Å². The molecule has 0 aliphatic heterocycles. The van der Waals surface area contributed by atoms with E-state index in [0.717, 1.165) is 13.8 Å². The zero-order valence-electron chi connectivity index (χ0n) is 19.5. The SMILES string of the molecule is CC(=O)OCOC(=O)SC[C@H](NC(=O)C(C)(C)SC(=O)OCOC(C)=O)C(=O)OC(C)(C)C. The van der Waals surface area contributed by atoms with Crippen LogP contribution in [0.4, 0.5) is 9.59 Å². The highest BCUT2D eigenvalue weighted by atomic mass is 32.2. The summed E-state index contributed by atoms with van der Waals surface area (Å²) >= 11 is 1.06. The van der Waals surface area contributed by atoms with Crippen LogP contribution in [-0.4, -0.2) is 70.1 Å². The van der Waals surface area contributed by atoms with Crippen LogP contribution >= 0.6 is 23.5 Å². The van der Waals surface area contributed by atoms with Gasteiger partial charge in [-0.2, -0.15) is 0 Å². The summed E-state index contributed by atoms with van der Waals surface area (Å²) in [6, 6.07) is -1.26. The zero-order valence-corrected chi connectivity index (χ0v) is 21.1. The standard InChI is InChI=1S/C19H29NO11S2/c1-11(21)27-9-29-16(25)32-8-13(14(23)31-18(3,4)5)20-15(24)19(6,7)33-17(26)30-10-28-12(2)22/h13H,8-10H2,1-7H3,(H,20,24)/t13-/m0/s1.